The molecule has 1 amide bonds. The summed E-state index contributed by atoms with van der Waals surface area (Å²) in [5, 5.41) is 6.34. The van der Waals surface area contributed by atoms with Crippen molar-refractivity contribution in [2.45, 2.75) is 19.1 Å². The quantitative estimate of drug-likeness (QED) is 0.576. The maximum absolute atomic E-state index is 11.2. The number of nitrogens with zero attached hydrogens (tertiary/aromatic N) is 2. The molecule has 104 valence electrons. The molecule has 1 unspecified atom stereocenters. The van der Waals surface area contributed by atoms with E-state index in [1.807, 2.05) is 11.8 Å². The molecule has 0 aliphatic carbocycles. The number of aliphatic imine (C=N–C) groups is 1. The zero-order chi connectivity index (χ0) is 13.5. The molecule has 0 bridgehead atoms. The third kappa shape index (κ3) is 4.40. The van der Waals surface area contributed by atoms with E-state index in [1.165, 1.54) is 0 Å². The third-order valence-corrected chi connectivity index (χ3v) is 4.57. The Labute approximate surface area is 114 Å². The van der Waals surface area contributed by atoms with E-state index in [2.05, 4.69) is 34.4 Å². The Bertz CT molecular complexity index is 306. The van der Waals surface area contributed by atoms with E-state index in [-0.39, 0.29) is 12.5 Å². The van der Waals surface area contributed by atoms with Gasteiger partial charge in [0, 0.05) is 38.2 Å². The van der Waals surface area contributed by atoms with Crippen molar-refractivity contribution in [3.63, 3.8) is 0 Å². The largest absolute Gasteiger partial charge is 0.358 e. The zero-order valence-corrected chi connectivity index (χ0v) is 12.5. The molecule has 0 aromatic heterocycles. The Kier molecular flexibility index (Phi) is 6.32. The summed E-state index contributed by atoms with van der Waals surface area (Å²) in [4.78, 5) is 17.7. The van der Waals surface area contributed by atoms with Crippen molar-refractivity contribution >= 4 is 23.6 Å². The smallest absolute Gasteiger partial charge is 0.239 e. The van der Waals surface area contributed by atoms with Crippen LogP contribution in [0, 0.1) is 5.92 Å². The highest BCUT2D eigenvalue weighted by Gasteiger charge is 2.24. The van der Waals surface area contributed by atoms with Crippen LogP contribution in [0.15, 0.2) is 4.99 Å². The first-order valence-corrected chi connectivity index (χ1v) is 7.41. The van der Waals surface area contributed by atoms with Crippen molar-refractivity contribution < 1.29 is 4.79 Å². The molecule has 6 heteroatoms. The monoisotopic (exact) mass is 272 g/mol. The first-order chi connectivity index (χ1) is 8.58. The van der Waals surface area contributed by atoms with Gasteiger partial charge in [-0.15, -0.1) is 0 Å². The molecule has 5 nitrogen and oxygen atoms in total. The minimum atomic E-state index is -0.0251. The predicted molar refractivity (Wildman–Crippen MR) is 78.1 cm³/mol. The standard InChI is InChI=1S/C12H24N4OS/c1-9(2)10-8-16(5-6-18-10)12(14-4)15-7-11(17)13-3/h9-10H,5-8H2,1-4H3,(H,13,17)(H,14,15). The van der Waals surface area contributed by atoms with Crippen molar-refractivity contribution in [2.75, 3.05) is 39.5 Å². The molecule has 0 aromatic carbocycles. The topological polar surface area (TPSA) is 56.7 Å². The van der Waals surface area contributed by atoms with E-state index in [4.69, 9.17) is 0 Å². The maximum Gasteiger partial charge on any atom is 0.239 e. The molecule has 18 heavy (non-hydrogen) atoms. The Morgan fingerprint density at radius 2 is 2.28 bits per heavy atom. The molecule has 0 saturated carbocycles. The fourth-order valence-corrected chi connectivity index (χ4v) is 3.15. The van der Waals surface area contributed by atoms with Crippen molar-refractivity contribution in [1.82, 2.24) is 15.5 Å². The van der Waals surface area contributed by atoms with E-state index >= 15 is 0 Å². The van der Waals surface area contributed by atoms with Gasteiger partial charge in [0.2, 0.25) is 5.91 Å². The summed E-state index contributed by atoms with van der Waals surface area (Å²) in [6.07, 6.45) is 0. The lowest BCUT2D eigenvalue weighted by Gasteiger charge is -2.36. The van der Waals surface area contributed by atoms with Gasteiger partial charge in [0.25, 0.3) is 0 Å². The molecule has 1 atom stereocenters. The minimum absolute atomic E-state index is 0.0251. The number of nitrogens with one attached hydrogen (secondary N) is 2. The van der Waals surface area contributed by atoms with Crippen LogP contribution in [0.4, 0.5) is 0 Å². The van der Waals surface area contributed by atoms with Crippen LogP contribution in [-0.4, -0.2) is 61.5 Å². The SMILES string of the molecule is CN=C(NCC(=O)NC)N1CCSC(C(C)C)C1. The molecule has 1 saturated heterocycles. The number of thioether (sulfide) groups is 1. The molecular formula is C12H24N4OS. The second-order valence-corrected chi connectivity index (χ2v) is 6.02. The molecule has 1 rings (SSSR count). The average molecular weight is 272 g/mol. The lowest BCUT2D eigenvalue weighted by molar-refractivity contribution is -0.119. The Hall–Kier alpha value is -0.910. The van der Waals surface area contributed by atoms with Gasteiger partial charge in [0.15, 0.2) is 5.96 Å². The fourth-order valence-electron chi connectivity index (χ4n) is 1.85. The first kappa shape index (κ1) is 15.1. The molecular weight excluding hydrogens is 248 g/mol. The van der Waals surface area contributed by atoms with E-state index in [0.717, 1.165) is 24.8 Å². The highest BCUT2D eigenvalue weighted by Crippen LogP contribution is 2.24. The van der Waals surface area contributed by atoms with E-state index in [0.29, 0.717) is 11.2 Å². The van der Waals surface area contributed by atoms with E-state index < -0.39 is 0 Å². The van der Waals surface area contributed by atoms with Crippen LogP contribution in [0.2, 0.25) is 0 Å². The number of amides is 1. The molecule has 1 aliphatic rings. The summed E-state index contributed by atoms with van der Waals surface area (Å²) in [5.41, 5.74) is 0. The lowest BCUT2D eigenvalue weighted by atomic mass is 10.1. The number of hydrogen-bond acceptors (Lipinski definition) is 3. The molecule has 2 N–H and O–H groups in total. The number of guanidine groups is 1. The normalized spacial score (nSPS) is 21.1. The lowest BCUT2D eigenvalue weighted by Crippen LogP contribution is -2.50. The van der Waals surface area contributed by atoms with Gasteiger partial charge in [-0.2, -0.15) is 11.8 Å². The number of rotatable bonds is 3. The van der Waals surface area contributed by atoms with Gasteiger partial charge >= 0.3 is 0 Å². The zero-order valence-electron chi connectivity index (χ0n) is 11.7. The Morgan fingerprint density at radius 1 is 1.56 bits per heavy atom. The first-order valence-electron chi connectivity index (χ1n) is 6.36. The van der Waals surface area contributed by atoms with Crippen LogP contribution in [-0.2, 0) is 4.79 Å². The average Bonchev–Trinajstić information content (AvgIpc) is 2.39. The second kappa shape index (κ2) is 7.51. The van der Waals surface area contributed by atoms with Gasteiger partial charge in [0.1, 0.15) is 0 Å². The number of carbonyl (C=O) groups is 1. The second-order valence-electron chi connectivity index (χ2n) is 4.67. The van der Waals surface area contributed by atoms with Crippen molar-refractivity contribution in [3.8, 4) is 0 Å². The van der Waals surface area contributed by atoms with E-state index in [9.17, 15) is 4.79 Å². The number of likely N-dealkylation sites (N-methyl/N-ethyl adjacent to an activating group) is 1. The predicted octanol–water partition coefficient (Wildman–Crippen LogP) is 0.381. The molecule has 0 aromatic rings. The Balaban J connectivity index is 2.52. The van der Waals surface area contributed by atoms with Crippen LogP contribution in [0.3, 0.4) is 0 Å². The van der Waals surface area contributed by atoms with Gasteiger partial charge in [0.05, 0.1) is 6.54 Å². The van der Waals surface area contributed by atoms with Gasteiger partial charge in [-0.05, 0) is 5.92 Å². The highest BCUT2D eigenvalue weighted by molar-refractivity contribution is 8.00. The van der Waals surface area contributed by atoms with Gasteiger partial charge in [-0.25, -0.2) is 0 Å². The molecule has 0 radical (unpaired) electrons. The van der Waals surface area contributed by atoms with Crippen LogP contribution in [0.5, 0.6) is 0 Å². The Morgan fingerprint density at radius 3 is 2.83 bits per heavy atom. The highest BCUT2D eigenvalue weighted by atomic mass is 32.2. The van der Waals surface area contributed by atoms with Gasteiger partial charge in [-0.3, -0.25) is 9.79 Å². The van der Waals surface area contributed by atoms with Crippen molar-refractivity contribution in [2.24, 2.45) is 10.9 Å². The summed E-state index contributed by atoms with van der Waals surface area (Å²) < 4.78 is 0. The molecule has 1 aliphatic heterocycles. The molecule has 0 spiro atoms. The van der Waals surface area contributed by atoms with Gasteiger partial charge < -0.3 is 15.5 Å². The van der Waals surface area contributed by atoms with Gasteiger partial charge in [-0.1, -0.05) is 13.8 Å². The summed E-state index contributed by atoms with van der Waals surface area (Å²) in [6.45, 7) is 6.76. The minimum Gasteiger partial charge on any atom is -0.358 e. The molecule has 1 fully saturated rings. The summed E-state index contributed by atoms with van der Waals surface area (Å²) in [6, 6.07) is 0. The van der Waals surface area contributed by atoms with Crippen LogP contribution in [0.25, 0.3) is 0 Å². The molecule has 1 heterocycles. The summed E-state index contributed by atoms with van der Waals surface area (Å²) in [7, 11) is 3.40. The maximum atomic E-state index is 11.2. The summed E-state index contributed by atoms with van der Waals surface area (Å²) in [5.74, 6) is 2.58. The van der Waals surface area contributed by atoms with E-state index in [1.54, 1.807) is 14.1 Å². The van der Waals surface area contributed by atoms with Crippen LogP contribution >= 0.6 is 11.8 Å². The third-order valence-electron chi connectivity index (χ3n) is 3.03. The number of hydrogen-bond donors (Lipinski definition) is 2. The summed E-state index contributed by atoms with van der Waals surface area (Å²) >= 11 is 2.03. The van der Waals surface area contributed by atoms with Crippen LogP contribution < -0.4 is 10.6 Å². The van der Waals surface area contributed by atoms with Crippen molar-refractivity contribution in [3.05, 3.63) is 0 Å². The van der Waals surface area contributed by atoms with Crippen LogP contribution in [0.1, 0.15) is 13.8 Å². The number of carbonyl (C=O) groups excluding carboxylic acids is 1. The van der Waals surface area contributed by atoms with Crippen molar-refractivity contribution in [1.29, 1.82) is 0 Å². The fraction of sp³-hybridized carbons (Fsp3) is 0.833.